The Kier molecular flexibility index (Phi) is 5.02. The first kappa shape index (κ1) is 16.9. The summed E-state index contributed by atoms with van der Waals surface area (Å²) in [5.74, 6) is 1.53. The molecule has 4 rings (SSSR count). The molecule has 0 saturated heterocycles. The lowest BCUT2D eigenvalue weighted by Crippen LogP contribution is -2.11. The number of aromatic nitrogens is 2. The highest BCUT2D eigenvalue weighted by atomic mass is 35.5. The van der Waals surface area contributed by atoms with Crippen molar-refractivity contribution in [2.24, 2.45) is 0 Å². The van der Waals surface area contributed by atoms with Crippen LogP contribution < -0.4 is 10.6 Å². The molecule has 1 aromatic heterocycles. The van der Waals surface area contributed by atoms with Crippen molar-refractivity contribution in [2.75, 3.05) is 17.2 Å². The van der Waals surface area contributed by atoms with Gasteiger partial charge in [-0.2, -0.15) is 4.98 Å². The normalized spacial score (nSPS) is 13.4. The smallest absolute Gasteiger partial charge is 0.225 e. The predicted molar refractivity (Wildman–Crippen MR) is 108 cm³/mol. The molecule has 1 fully saturated rings. The Morgan fingerprint density at radius 2 is 1.81 bits per heavy atom. The number of benzene rings is 2. The summed E-state index contributed by atoms with van der Waals surface area (Å²) in [5, 5.41) is 7.59. The molecule has 5 heteroatoms. The highest BCUT2D eigenvalue weighted by molar-refractivity contribution is 6.30. The van der Waals surface area contributed by atoms with Gasteiger partial charge < -0.3 is 10.6 Å². The summed E-state index contributed by atoms with van der Waals surface area (Å²) < 4.78 is 0. The van der Waals surface area contributed by atoms with E-state index in [0.717, 1.165) is 35.1 Å². The second kappa shape index (κ2) is 7.75. The summed E-state index contributed by atoms with van der Waals surface area (Å²) in [5.41, 5.74) is 3.21. The van der Waals surface area contributed by atoms with Crippen LogP contribution in [0, 0.1) is 0 Å². The highest BCUT2D eigenvalue weighted by Gasteiger charge is 2.22. The van der Waals surface area contributed by atoms with Gasteiger partial charge in [-0.1, -0.05) is 54.1 Å². The van der Waals surface area contributed by atoms with Crippen molar-refractivity contribution in [3.8, 4) is 11.3 Å². The fourth-order valence-corrected chi connectivity index (χ4v) is 3.02. The molecule has 1 aliphatic rings. The zero-order valence-electron chi connectivity index (χ0n) is 14.5. The van der Waals surface area contributed by atoms with Gasteiger partial charge in [0.1, 0.15) is 5.82 Å². The molecule has 1 aliphatic carbocycles. The Morgan fingerprint density at radius 3 is 2.58 bits per heavy atom. The van der Waals surface area contributed by atoms with E-state index < -0.39 is 0 Å². The first-order valence-corrected chi connectivity index (χ1v) is 9.33. The minimum Gasteiger partial charge on any atom is -0.367 e. The zero-order chi connectivity index (χ0) is 17.8. The number of anilines is 2. The van der Waals surface area contributed by atoms with Crippen LogP contribution in [0.2, 0.25) is 5.02 Å². The quantitative estimate of drug-likeness (QED) is 0.617. The van der Waals surface area contributed by atoms with E-state index in [4.69, 9.17) is 16.6 Å². The van der Waals surface area contributed by atoms with Gasteiger partial charge >= 0.3 is 0 Å². The van der Waals surface area contributed by atoms with E-state index >= 15 is 0 Å². The summed E-state index contributed by atoms with van der Waals surface area (Å²) in [4.78, 5) is 9.32. The average Bonchev–Trinajstić information content (AvgIpc) is 3.46. The minimum atomic E-state index is 0.549. The van der Waals surface area contributed by atoms with Crippen LogP contribution in [0.5, 0.6) is 0 Å². The molecule has 1 saturated carbocycles. The maximum atomic E-state index is 6.05. The van der Waals surface area contributed by atoms with Crippen molar-refractivity contribution >= 4 is 23.4 Å². The van der Waals surface area contributed by atoms with Gasteiger partial charge in [0.25, 0.3) is 0 Å². The highest BCUT2D eigenvalue weighted by Crippen LogP contribution is 2.27. The first-order chi connectivity index (χ1) is 12.8. The third kappa shape index (κ3) is 4.52. The van der Waals surface area contributed by atoms with E-state index in [1.54, 1.807) is 0 Å². The van der Waals surface area contributed by atoms with Gasteiger partial charge in [-0.3, -0.25) is 0 Å². The summed E-state index contributed by atoms with van der Waals surface area (Å²) in [7, 11) is 0. The van der Waals surface area contributed by atoms with Crippen molar-refractivity contribution in [1.29, 1.82) is 0 Å². The third-order valence-electron chi connectivity index (χ3n) is 4.31. The SMILES string of the molecule is Clc1cccc(CCNc2nc(NC3CC3)cc(-c3ccccc3)n2)c1. The van der Waals surface area contributed by atoms with Gasteiger partial charge in [-0.05, 0) is 37.0 Å². The third-order valence-corrected chi connectivity index (χ3v) is 4.55. The fourth-order valence-electron chi connectivity index (χ4n) is 2.80. The van der Waals surface area contributed by atoms with E-state index in [-0.39, 0.29) is 0 Å². The largest absolute Gasteiger partial charge is 0.367 e. The number of halogens is 1. The average molecular weight is 365 g/mol. The maximum absolute atomic E-state index is 6.05. The standard InChI is InChI=1S/C21H21ClN4/c22-17-8-4-5-15(13-17)11-12-23-21-25-19(16-6-2-1-3-7-16)14-20(26-21)24-18-9-10-18/h1-8,13-14,18H,9-12H2,(H2,23,24,25,26). The molecule has 4 nitrogen and oxygen atoms in total. The molecule has 1 heterocycles. The predicted octanol–water partition coefficient (Wildman–Crippen LogP) is 5.03. The molecule has 0 amide bonds. The summed E-state index contributed by atoms with van der Waals surface area (Å²) in [6.07, 6.45) is 3.29. The van der Waals surface area contributed by atoms with E-state index in [1.807, 2.05) is 42.5 Å². The van der Waals surface area contributed by atoms with E-state index in [9.17, 15) is 0 Å². The molecule has 3 aromatic rings. The van der Waals surface area contributed by atoms with Crippen molar-refractivity contribution in [2.45, 2.75) is 25.3 Å². The molecule has 0 radical (unpaired) electrons. The zero-order valence-corrected chi connectivity index (χ0v) is 15.2. The molecule has 26 heavy (non-hydrogen) atoms. The van der Waals surface area contributed by atoms with Gasteiger partial charge in [0.2, 0.25) is 5.95 Å². The van der Waals surface area contributed by atoms with Crippen molar-refractivity contribution in [1.82, 2.24) is 9.97 Å². The van der Waals surface area contributed by atoms with Gasteiger partial charge in [-0.15, -0.1) is 0 Å². The van der Waals surface area contributed by atoms with E-state index in [1.165, 1.54) is 18.4 Å². The molecule has 132 valence electrons. The van der Waals surface area contributed by atoms with Crippen molar-refractivity contribution in [3.63, 3.8) is 0 Å². The fraction of sp³-hybridized carbons (Fsp3) is 0.238. The van der Waals surface area contributed by atoms with Crippen LogP contribution in [0.3, 0.4) is 0 Å². The lowest BCUT2D eigenvalue weighted by Gasteiger charge is -2.11. The van der Waals surface area contributed by atoms with Crippen LogP contribution in [-0.4, -0.2) is 22.6 Å². The van der Waals surface area contributed by atoms with Crippen LogP contribution in [0.15, 0.2) is 60.7 Å². The Hall–Kier alpha value is -2.59. The second-order valence-corrected chi connectivity index (χ2v) is 6.99. The molecule has 2 N–H and O–H groups in total. The van der Waals surface area contributed by atoms with Gasteiger partial charge in [-0.25, -0.2) is 4.98 Å². The first-order valence-electron chi connectivity index (χ1n) is 8.96. The molecular weight excluding hydrogens is 344 g/mol. The Labute approximate surface area is 158 Å². The number of hydrogen-bond acceptors (Lipinski definition) is 4. The number of hydrogen-bond donors (Lipinski definition) is 2. The number of nitrogens with one attached hydrogen (secondary N) is 2. The van der Waals surface area contributed by atoms with Gasteiger partial charge in [0, 0.05) is 29.2 Å². The Balaban J connectivity index is 1.50. The van der Waals surface area contributed by atoms with Crippen LogP contribution in [-0.2, 0) is 6.42 Å². The van der Waals surface area contributed by atoms with Gasteiger partial charge in [0.05, 0.1) is 5.69 Å². The number of nitrogens with zero attached hydrogens (tertiary/aromatic N) is 2. The molecule has 0 atom stereocenters. The Morgan fingerprint density at radius 1 is 0.962 bits per heavy atom. The van der Waals surface area contributed by atoms with E-state index in [0.29, 0.717) is 12.0 Å². The van der Waals surface area contributed by atoms with E-state index in [2.05, 4.69) is 33.8 Å². The Bertz CT molecular complexity index is 878. The molecule has 0 spiro atoms. The monoisotopic (exact) mass is 364 g/mol. The van der Waals surface area contributed by atoms with Crippen LogP contribution in [0.1, 0.15) is 18.4 Å². The summed E-state index contributed by atoms with van der Waals surface area (Å²) in [6, 6.07) is 20.7. The topological polar surface area (TPSA) is 49.8 Å². The van der Waals surface area contributed by atoms with Crippen molar-refractivity contribution < 1.29 is 0 Å². The second-order valence-electron chi connectivity index (χ2n) is 6.55. The molecule has 2 aromatic carbocycles. The van der Waals surface area contributed by atoms with Crippen molar-refractivity contribution in [3.05, 3.63) is 71.2 Å². The van der Waals surface area contributed by atoms with Crippen LogP contribution >= 0.6 is 11.6 Å². The molecular formula is C21H21ClN4. The molecule has 0 aliphatic heterocycles. The summed E-state index contributed by atoms with van der Waals surface area (Å²) in [6.45, 7) is 0.751. The lowest BCUT2D eigenvalue weighted by atomic mass is 10.1. The van der Waals surface area contributed by atoms with Crippen LogP contribution in [0.25, 0.3) is 11.3 Å². The molecule has 0 unspecified atom stereocenters. The number of rotatable bonds is 7. The van der Waals surface area contributed by atoms with Gasteiger partial charge in [0.15, 0.2) is 0 Å². The summed E-state index contributed by atoms with van der Waals surface area (Å²) >= 11 is 6.05. The lowest BCUT2D eigenvalue weighted by molar-refractivity contribution is 0.981. The molecule has 0 bridgehead atoms. The minimum absolute atomic E-state index is 0.549. The van der Waals surface area contributed by atoms with Crippen LogP contribution in [0.4, 0.5) is 11.8 Å². The maximum Gasteiger partial charge on any atom is 0.225 e.